The second-order valence-corrected chi connectivity index (χ2v) is 8.06. The summed E-state index contributed by atoms with van der Waals surface area (Å²) >= 11 is 0. The van der Waals surface area contributed by atoms with Crippen LogP contribution in [0.3, 0.4) is 0 Å². The van der Waals surface area contributed by atoms with Crippen LogP contribution in [0.15, 0.2) is 36.9 Å². The van der Waals surface area contributed by atoms with E-state index in [2.05, 4.69) is 19.9 Å². The molecule has 2 aromatic heterocycles. The first-order valence-corrected chi connectivity index (χ1v) is 8.92. The fourth-order valence-corrected chi connectivity index (χ4v) is 2.00. The van der Waals surface area contributed by atoms with Crippen LogP contribution in [0, 0.1) is 0 Å². The molecule has 28 heavy (non-hydrogen) atoms. The van der Waals surface area contributed by atoms with Crippen LogP contribution in [0.5, 0.6) is 11.8 Å². The van der Waals surface area contributed by atoms with Crippen molar-refractivity contribution < 1.29 is 14.3 Å². The molecule has 7 nitrogen and oxygen atoms in total. The lowest BCUT2D eigenvalue weighted by atomic mass is 10.2. The molecule has 0 radical (unpaired) electrons. The van der Waals surface area contributed by atoms with E-state index in [9.17, 15) is 4.79 Å². The molecule has 0 aliphatic rings. The molecule has 2 rings (SSSR count). The molecule has 0 spiro atoms. The number of carbonyl (C=O) groups excluding carboxylic acids is 1. The summed E-state index contributed by atoms with van der Waals surface area (Å²) in [7, 11) is 0. The molecule has 0 N–H and O–H groups in total. The van der Waals surface area contributed by atoms with Gasteiger partial charge in [-0.3, -0.25) is 14.8 Å². The van der Waals surface area contributed by atoms with E-state index in [-0.39, 0.29) is 17.0 Å². The molecule has 2 heterocycles. The average molecular weight is 382 g/mol. The van der Waals surface area contributed by atoms with Gasteiger partial charge in [-0.2, -0.15) is 0 Å². The Bertz CT molecular complexity index is 806. The van der Waals surface area contributed by atoms with Crippen LogP contribution in [0.25, 0.3) is 12.2 Å². The first-order chi connectivity index (χ1) is 13.0. The van der Waals surface area contributed by atoms with Crippen molar-refractivity contribution in [1.29, 1.82) is 0 Å². The number of ether oxygens (including phenoxy) is 2. The highest BCUT2D eigenvalue weighted by Gasteiger charge is 2.13. The largest absolute Gasteiger partial charge is 0.471 e. The maximum absolute atomic E-state index is 12.1. The third-order valence-corrected chi connectivity index (χ3v) is 2.92. The summed E-state index contributed by atoms with van der Waals surface area (Å²) in [5, 5.41) is 0. The summed E-state index contributed by atoms with van der Waals surface area (Å²) in [6.45, 7) is 11.6. The normalized spacial score (nSPS) is 12.5. The van der Waals surface area contributed by atoms with E-state index in [1.165, 1.54) is 24.5 Å². The minimum absolute atomic E-state index is 0.215. The van der Waals surface area contributed by atoms with Crippen molar-refractivity contribution in [1.82, 2.24) is 19.9 Å². The van der Waals surface area contributed by atoms with Gasteiger partial charge in [-0.15, -0.1) is 0 Å². The number of allylic oxidation sites excluding steroid dienone is 2. The van der Waals surface area contributed by atoms with Gasteiger partial charge in [-0.05, 0) is 65.8 Å². The lowest BCUT2D eigenvalue weighted by Gasteiger charge is -2.19. The molecule has 148 valence electrons. The van der Waals surface area contributed by atoms with Crippen molar-refractivity contribution in [2.75, 3.05) is 0 Å². The van der Waals surface area contributed by atoms with Gasteiger partial charge in [-0.1, -0.05) is 0 Å². The Hall–Kier alpha value is -3.09. The number of ketones is 1. The first kappa shape index (κ1) is 21.2. The fourth-order valence-electron chi connectivity index (χ4n) is 2.00. The quantitative estimate of drug-likeness (QED) is 0.700. The predicted octanol–water partition coefficient (Wildman–Crippen LogP) is 3.92. The van der Waals surface area contributed by atoms with Gasteiger partial charge in [0.15, 0.2) is 5.78 Å². The monoisotopic (exact) mass is 382 g/mol. The smallest absolute Gasteiger partial charge is 0.233 e. The highest BCUT2D eigenvalue weighted by Crippen LogP contribution is 2.16. The number of hydrogen-bond acceptors (Lipinski definition) is 7. The summed E-state index contributed by atoms with van der Waals surface area (Å²) in [6, 6.07) is 0. The summed E-state index contributed by atoms with van der Waals surface area (Å²) < 4.78 is 11.3. The van der Waals surface area contributed by atoms with E-state index in [0.29, 0.717) is 23.1 Å². The summed E-state index contributed by atoms with van der Waals surface area (Å²) in [6.07, 6.45) is 12.2. The van der Waals surface area contributed by atoms with Gasteiger partial charge >= 0.3 is 0 Å². The van der Waals surface area contributed by atoms with E-state index in [1.54, 1.807) is 24.5 Å². The number of carbonyl (C=O) groups is 1. The molecule has 0 aliphatic carbocycles. The Kier molecular flexibility index (Phi) is 6.62. The molecule has 0 aliphatic heterocycles. The van der Waals surface area contributed by atoms with Crippen molar-refractivity contribution in [2.45, 2.75) is 52.7 Å². The Morgan fingerprint density at radius 3 is 1.50 bits per heavy atom. The Morgan fingerprint density at radius 1 is 0.750 bits per heavy atom. The lowest BCUT2D eigenvalue weighted by Crippen LogP contribution is -2.23. The molecule has 0 bridgehead atoms. The van der Waals surface area contributed by atoms with E-state index >= 15 is 0 Å². The maximum atomic E-state index is 12.1. The zero-order chi connectivity index (χ0) is 20.8. The van der Waals surface area contributed by atoms with Crippen LogP contribution in [-0.2, 0) is 4.79 Å². The SMILES string of the molecule is CC(C)(C)Oc1cncc(C=CC(=O)C=Cc2cncc(OC(C)(C)C)n2)n1. The van der Waals surface area contributed by atoms with Crippen LogP contribution < -0.4 is 9.47 Å². The fraction of sp³-hybridized carbons (Fsp3) is 0.381. The molecule has 7 heteroatoms. The molecule has 0 saturated heterocycles. The molecular weight excluding hydrogens is 356 g/mol. The van der Waals surface area contributed by atoms with Crippen LogP contribution in [-0.4, -0.2) is 36.9 Å². The van der Waals surface area contributed by atoms with Crippen molar-refractivity contribution in [3.63, 3.8) is 0 Å². The highest BCUT2D eigenvalue weighted by atomic mass is 16.5. The van der Waals surface area contributed by atoms with Gasteiger partial charge in [0.05, 0.1) is 36.2 Å². The van der Waals surface area contributed by atoms with Gasteiger partial charge in [-0.25, -0.2) is 9.97 Å². The third kappa shape index (κ3) is 8.07. The van der Waals surface area contributed by atoms with E-state index in [0.717, 1.165) is 0 Å². The molecule has 0 unspecified atom stereocenters. The first-order valence-electron chi connectivity index (χ1n) is 8.92. The van der Waals surface area contributed by atoms with Crippen molar-refractivity contribution in [3.05, 3.63) is 48.3 Å². The maximum Gasteiger partial charge on any atom is 0.233 e. The topological polar surface area (TPSA) is 87.1 Å². The zero-order valence-corrected chi connectivity index (χ0v) is 17.1. The van der Waals surface area contributed by atoms with Gasteiger partial charge in [0.25, 0.3) is 0 Å². The second kappa shape index (κ2) is 8.73. The van der Waals surface area contributed by atoms with E-state index in [1.807, 2.05) is 41.5 Å². The molecule has 0 aromatic carbocycles. The third-order valence-electron chi connectivity index (χ3n) is 2.92. The molecular formula is C21H26N4O3. The average Bonchev–Trinajstić information content (AvgIpc) is 2.56. The Labute approximate surface area is 165 Å². The van der Waals surface area contributed by atoms with Gasteiger partial charge in [0.2, 0.25) is 11.8 Å². The van der Waals surface area contributed by atoms with Crippen LogP contribution in [0.4, 0.5) is 0 Å². The minimum Gasteiger partial charge on any atom is -0.471 e. The highest BCUT2D eigenvalue weighted by molar-refractivity contribution is 6.04. The summed E-state index contributed by atoms with van der Waals surface area (Å²) in [5.74, 6) is 0.597. The van der Waals surface area contributed by atoms with Crippen LogP contribution in [0.2, 0.25) is 0 Å². The van der Waals surface area contributed by atoms with E-state index < -0.39 is 0 Å². The number of aromatic nitrogens is 4. The van der Waals surface area contributed by atoms with Crippen molar-refractivity contribution >= 4 is 17.9 Å². The van der Waals surface area contributed by atoms with Crippen molar-refractivity contribution in [2.24, 2.45) is 0 Å². The summed E-state index contributed by atoms with van der Waals surface area (Å²) in [5.41, 5.74) is 0.316. The van der Waals surface area contributed by atoms with Gasteiger partial charge in [0.1, 0.15) is 11.2 Å². The second-order valence-electron chi connectivity index (χ2n) is 8.06. The van der Waals surface area contributed by atoms with Crippen LogP contribution in [0.1, 0.15) is 52.9 Å². The molecule has 0 atom stereocenters. The number of hydrogen-bond donors (Lipinski definition) is 0. The van der Waals surface area contributed by atoms with Gasteiger partial charge in [0, 0.05) is 0 Å². The Morgan fingerprint density at radius 2 is 1.14 bits per heavy atom. The predicted molar refractivity (Wildman–Crippen MR) is 108 cm³/mol. The van der Waals surface area contributed by atoms with E-state index in [4.69, 9.17) is 9.47 Å². The van der Waals surface area contributed by atoms with Crippen molar-refractivity contribution in [3.8, 4) is 11.8 Å². The van der Waals surface area contributed by atoms with Gasteiger partial charge < -0.3 is 9.47 Å². The summed E-state index contributed by atoms with van der Waals surface area (Å²) in [4.78, 5) is 28.9. The molecule has 0 saturated carbocycles. The molecule has 2 aromatic rings. The minimum atomic E-state index is -0.373. The van der Waals surface area contributed by atoms with Crippen LogP contribution >= 0.6 is 0 Å². The Balaban J connectivity index is 2.02. The number of nitrogens with zero attached hydrogens (tertiary/aromatic N) is 4. The lowest BCUT2D eigenvalue weighted by molar-refractivity contribution is -0.110. The standard InChI is InChI=1S/C21H26N4O3/c1-20(2,3)27-18-13-22-11-15(24-18)7-9-17(26)10-8-16-12-23-14-19(25-16)28-21(4,5)6/h7-14H,1-6H3. The number of rotatable bonds is 6. The molecule has 0 fully saturated rings. The zero-order valence-electron chi connectivity index (χ0n) is 17.1. The molecule has 0 amide bonds.